The molecule has 3 rings (SSSR count). The SMILES string of the molecule is CC1Oc2ccccc2N(CCC(=O)NC2(CC(=O)O)CCC2)C1=O. The highest BCUT2D eigenvalue weighted by molar-refractivity contribution is 6.00. The molecule has 1 aliphatic heterocycles. The van der Waals surface area contributed by atoms with E-state index in [2.05, 4.69) is 5.32 Å². The van der Waals surface area contributed by atoms with Gasteiger partial charge in [0.15, 0.2) is 6.10 Å². The number of fused-ring (bicyclic) bond motifs is 1. The van der Waals surface area contributed by atoms with Crippen LogP contribution in [-0.2, 0) is 14.4 Å². The number of para-hydroxylation sites is 2. The number of benzene rings is 1. The molecule has 1 unspecified atom stereocenters. The quantitative estimate of drug-likeness (QED) is 0.817. The van der Waals surface area contributed by atoms with E-state index in [0.717, 1.165) is 6.42 Å². The second-order valence-corrected chi connectivity index (χ2v) is 6.72. The Kier molecular flexibility index (Phi) is 4.65. The average Bonchev–Trinajstić information content (AvgIpc) is 2.53. The van der Waals surface area contributed by atoms with Crippen molar-refractivity contribution in [3.63, 3.8) is 0 Å². The first-order valence-corrected chi connectivity index (χ1v) is 8.50. The number of anilines is 1. The standard InChI is InChI=1S/C18H22N2O5/c1-12-17(24)20(13-5-2-3-6-14(13)25-12)10-7-15(21)19-18(8-4-9-18)11-16(22)23/h2-3,5-6,12H,4,7-11H2,1H3,(H,19,21)(H,22,23). The maximum atomic E-state index is 12.4. The molecule has 2 N–H and O–H groups in total. The van der Waals surface area contributed by atoms with Crippen molar-refractivity contribution in [3.8, 4) is 5.75 Å². The molecule has 2 aliphatic rings. The predicted octanol–water partition coefficient (Wildman–Crippen LogP) is 1.70. The number of carboxylic acids is 1. The summed E-state index contributed by atoms with van der Waals surface area (Å²) >= 11 is 0. The predicted molar refractivity (Wildman–Crippen MR) is 90.5 cm³/mol. The van der Waals surface area contributed by atoms with Gasteiger partial charge in [-0.05, 0) is 38.3 Å². The van der Waals surface area contributed by atoms with Gasteiger partial charge in [0.1, 0.15) is 5.75 Å². The Labute approximate surface area is 146 Å². The van der Waals surface area contributed by atoms with Gasteiger partial charge in [-0.3, -0.25) is 14.4 Å². The number of nitrogens with one attached hydrogen (secondary N) is 1. The van der Waals surface area contributed by atoms with Gasteiger partial charge in [-0.1, -0.05) is 12.1 Å². The van der Waals surface area contributed by atoms with Gasteiger partial charge in [0, 0.05) is 13.0 Å². The topological polar surface area (TPSA) is 95.9 Å². The minimum Gasteiger partial charge on any atom is -0.481 e. The Hall–Kier alpha value is -2.57. The third-order valence-corrected chi connectivity index (χ3v) is 4.84. The van der Waals surface area contributed by atoms with Crippen molar-refractivity contribution in [2.45, 2.75) is 50.7 Å². The van der Waals surface area contributed by atoms with E-state index in [9.17, 15) is 14.4 Å². The fraction of sp³-hybridized carbons (Fsp3) is 0.500. The van der Waals surface area contributed by atoms with Gasteiger partial charge in [0.25, 0.3) is 5.91 Å². The molecule has 1 saturated carbocycles. The van der Waals surface area contributed by atoms with E-state index in [1.807, 2.05) is 12.1 Å². The Morgan fingerprint density at radius 3 is 2.72 bits per heavy atom. The van der Waals surface area contributed by atoms with Gasteiger partial charge in [0.05, 0.1) is 17.6 Å². The number of hydrogen-bond acceptors (Lipinski definition) is 4. The largest absolute Gasteiger partial charge is 0.481 e. The Morgan fingerprint density at radius 2 is 2.08 bits per heavy atom. The van der Waals surface area contributed by atoms with Crippen LogP contribution in [-0.4, -0.2) is 41.1 Å². The van der Waals surface area contributed by atoms with Gasteiger partial charge in [-0.2, -0.15) is 0 Å². The second kappa shape index (κ2) is 6.74. The molecular formula is C18H22N2O5. The Bertz CT molecular complexity index is 698. The van der Waals surface area contributed by atoms with E-state index < -0.39 is 17.6 Å². The lowest BCUT2D eigenvalue weighted by molar-refractivity contribution is -0.140. The molecule has 25 heavy (non-hydrogen) atoms. The van der Waals surface area contributed by atoms with Crippen LogP contribution < -0.4 is 15.0 Å². The van der Waals surface area contributed by atoms with Crippen molar-refractivity contribution in [3.05, 3.63) is 24.3 Å². The number of carboxylic acid groups (broad SMARTS) is 1. The summed E-state index contributed by atoms with van der Waals surface area (Å²) in [5.41, 5.74) is 0.0330. The van der Waals surface area contributed by atoms with E-state index in [0.29, 0.717) is 24.3 Å². The van der Waals surface area contributed by atoms with Gasteiger partial charge < -0.3 is 20.1 Å². The summed E-state index contributed by atoms with van der Waals surface area (Å²) in [6.07, 6.45) is 1.75. The highest BCUT2D eigenvalue weighted by Crippen LogP contribution is 2.36. The maximum Gasteiger partial charge on any atom is 0.305 e. The molecule has 0 aromatic heterocycles. The zero-order valence-corrected chi connectivity index (χ0v) is 14.2. The number of nitrogens with zero attached hydrogens (tertiary/aromatic N) is 1. The number of ether oxygens (including phenoxy) is 1. The summed E-state index contributed by atoms with van der Waals surface area (Å²) in [7, 11) is 0. The lowest BCUT2D eigenvalue weighted by Crippen LogP contribution is -2.55. The van der Waals surface area contributed by atoms with Crippen LogP contribution in [0.1, 0.15) is 39.0 Å². The van der Waals surface area contributed by atoms with Crippen LogP contribution in [0.15, 0.2) is 24.3 Å². The molecule has 7 heteroatoms. The molecule has 1 fully saturated rings. The van der Waals surface area contributed by atoms with E-state index in [4.69, 9.17) is 9.84 Å². The smallest absolute Gasteiger partial charge is 0.305 e. The molecule has 0 bridgehead atoms. The van der Waals surface area contributed by atoms with E-state index in [-0.39, 0.29) is 31.2 Å². The van der Waals surface area contributed by atoms with Crippen molar-refractivity contribution in [2.75, 3.05) is 11.4 Å². The van der Waals surface area contributed by atoms with Crippen molar-refractivity contribution < 1.29 is 24.2 Å². The number of carbonyl (C=O) groups excluding carboxylic acids is 2. The van der Waals surface area contributed by atoms with Crippen LogP contribution in [0.2, 0.25) is 0 Å². The second-order valence-electron chi connectivity index (χ2n) is 6.72. The molecule has 1 heterocycles. The fourth-order valence-electron chi connectivity index (χ4n) is 3.40. The third-order valence-electron chi connectivity index (χ3n) is 4.84. The number of hydrogen-bond donors (Lipinski definition) is 2. The molecule has 1 aromatic rings. The number of amides is 2. The monoisotopic (exact) mass is 346 g/mol. The van der Waals surface area contributed by atoms with Gasteiger partial charge in [0.2, 0.25) is 5.91 Å². The molecule has 2 amide bonds. The zero-order valence-electron chi connectivity index (χ0n) is 14.2. The molecule has 1 aromatic carbocycles. The van der Waals surface area contributed by atoms with Crippen LogP contribution in [0.4, 0.5) is 5.69 Å². The minimum absolute atomic E-state index is 0.0604. The summed E-state index contributed by atoms with van der Waals surface area (Å²) in [5, 5.41) is 11.9. The molecule has 0 radical (unpaired) electrons. The van der Waals surface area contributed by atoms with Crippen LogP contribution in [0.5, 0.6) is 5.75 Å². The van der Waals surface area contributed by atoms with E-state index in [1.54, 1.807) is 24.0 Å². The molecule has 134 valence electrons. The van der Waals surface area contributed by atoms with Gasteiger partial charge in [-0.25, -0.2) is 0 Å². The number of aliphatic carboxylic acids is 1. The molecule has 1 aliphatic carbocycles. The minimum atomic E-state index is -0.911. The first-order chi connectivity index (χ1) is 11.9. The lowest BCUT2D eigenvalue weighted by atomic mass is 9.74. The molecule has 0 spiro atoms. The first kappa shape index (κ1) is 17.3. The van der Waals surface area contributed by atoms with Crippen LogP contribution in [0.25, 0.3) is 0 Å². The van der Waals surface area contributed by atoms with E-state index in [1.165, 1.54) is 0 Å². The highest BCUT2D eigenvalue weighted by atomic mass is 16.5. The zero-order chi connectivity index (χ0) is 18.0. The molecule has 7 nitrogen and oxygen atoms in total. The first-order valence-electron chi connectivity index (χ1n) is 8.50. The number of rotatable bonds is 6. The average molecular weight is 346 g/mol. The molecular weight excluding hydrogens is 324 g/mol. The van der Waals surface area contributed by atoms with Crippen molar-refractivity contribution in [1.29, 1.82) is 0 Å². The summed E-state index contributed by atoms with van der Waals surface area (Å²) in [6, 6.07) is 7.23. The summed E-state index contributed by atoms with van der Waals surface area (Å²) in [6.45, 7) is 1.92. The fourth-order valence-corrected chi connectivity index (χ4v) is 3.40. The summed E-state index contributed by atoms with van der Waals surface area (Å²) in [5.74, 6) is -0.705. The summed E-state index contributed by atoms with van der Waals surface area (Å²) in [4.78, 5) is 37.2. The van der Waals surface area contributed by atoms with Gasteiger partial charge >= 0.3 is 5.97 Å². The maximum absolute atomic E-state index is 12.4. The number of carbonyl (C=O) groups is 3. The van der Waals surface area contributed by atoms with Crippen LogP contribution >= 0.6 is 0 Å². The van der Waals surface area contributed by atoms with Crippen molar-refractivity contribution >= 4 is 23.5 Å². The lowest BCUT2D eigenvalue weighted by Gasteiger charge is -2.41. The van der Waals surface area contributed by atoms with Crippen molar-refractivity contribution in [1.82, 2.24) is 5.32 Å². The molecule has 0 saturated heterocycles. The van der Waals surface area contributed by atoms with Crippen molar-refractivity contribution in [2.24, 2.45) is 0 Å². The Balaban J connectivity index is 1.64. The molecule has 1 atom stereocenters. The summed E-state index contributed by atoms with van der Waals surface area (Å²) < 4.78 is 5.57. The van der Waals surface area contributed by atoms with Crippen LogP contribution in [0, 0.1) is 0 Å². The third kappa shape index (κ3) is 3.60. The van der Waals surface area contributed by atoms with Crippen LogP contribution in [0.3, 0.4) is 0 Å². The highest BCUT2D eigenvalue weighted by Gasteiger charge is 2.40. The van der Waals surface area contributed by atoms with Gasteiger partial charge in [-0.15, -0.1) is 0 Å². The van der Waals surface area contributed by atoms with E-state index >= 15 is 0 Å². The Morgan fingerprint density at radius 1 is 1.36 bits per heavy atom. The normalized spacial score (nSPS) is 20.9.